The number of halogens is 6. The standard InChI is InChI=1S/C23H21F3N2O.C2HF3O/c24-23(25,26)18-5-1-16(2-6-18)3-7-21-20-11-14-28-15-17(20)4-8-22(21)29-19-9-12-27-13-10-19;3-2(4,5)1-6/h1-8,11,14-15,19,27H,9-10,12-13H2;1H/b7-3+;. The lowest BCUT2D eigenvalue weighted by atomic mass is 10.0. The van der Waals surface area contributed by atoms with Crippen molar-refractivity contribution < 1.29 is 35.9 Å². The smallest absolute Gasteiger partial charge is 0.446 e. The van der Waals surface area contributed by atoms with Crippen LogP contribution >= 0.6 is 0 Å². The van der Waals surface area contributed by atoms with Crippen molar-refractivity contribution >= 4 is 29.2 Å². The third-order valence-corrected chi connectivity index (χ3v) is 5.22. The number of nitrogens with one attached hydrogen (secondary N) is 1. The number of nitrogens with zero attached hydrogens (tertiary/aromatic N) is 1. The number of pyridine rings is 1. The molecule has 1 aliphatic rings. The fraction of sp³-hybridized carbons (Fsp3) is 0.280. The molecule has 35 heavy (non-hydrogen) atoms. The van der Waals surface area contributed by atoms with Gasteiger partial charge in [0.2, 0.25) is 6.29 Å². The van der Waals surface area contributed by atoms with E-state index in [1.165, 1.54) is 12.1 Å². The minimum Gasteiger partial charge on any atom is -0.490 e. The van der Waals surface area contributed by atoms with Crippen molar-refractivity contribution in [1.82, 2.24) is 10.3 Å². The van der Waals surface area contributed by atoms with Crippen molar-refractivity contribution in [2.75, 3.05) is 13.1 Å². The highest BCUT2D eigenvalue weighted by atomic mass is 19.4. The van der Waals surface area contributed by atoms with Crippen LogP contribution in [0.1, 0.15) is 29.5 Å². The van der Waals surface area contributed by atoms with Crippen LogP contribution in [0, 0.1) is 0 Å². The molecule has 1 aliphatic heterocycles. The first-order chi connectivity index (χ1) is 16.6. The maximum Gasteiger partial charge on any atom is 0.446 e. The molecule has 4 nitrogen and oxygen atoms in total. The Bertz CT molecular complexity index is 1150. The van der Waals surface area contributed by atoms with Gasteiger partial charge in [-0.3, -0.25) is 9.78 Å². The van der Waals surface area contributed by atoms with Gasteiger partial charge in [0.05, 0.1) is 5.56 Å². The number of alkyl halides is 6. The van der Waals surface area contributed by atoms with Crippen molar-refractivity contribution in [3.63, 3.8) is 0 Å². The molecule has 1 N–H and O–H groups in total. The maximum atomic E-state index is 12.8. The summed E-state index contributed by atoms with van der Waals surface area (Å²) in [7, 11) is 0. The zero-order valence-electron chi connectivity index (χ0n) is 18.4. The van der Waals surface area contributed by atoms with E-state index in [0.717, 1.165) is 60.1 Å². The van der Waals surface area contributed by atoms with E-state index in [1.807, 2.05) is 30.4 Å². The van der Waals surface area contributed by atoms with Gasteiger partial charge in [-0.05, 0) is 67.2 Å². The van der Waals surface area contributed by atoms with Gasteiger partial charge in [-0.15, -0.1) is 0 Å². The molecule has 10 heteroatoms. The highest BCUT2D eigenvalue weighted by molar-refractivity contribution is 5.94. The van der Waals surface area contributed by atoms with Crippen LogP contribution in [0.3, 0.4) is 0 Å². The van der Waals surface area contributed by atoms with Crippen molar-refractivity contribution in [2.24, 2.45) is 0 Å². The van der Waals surface area contributed by atoms with E-state index in [1.54, 1.807) is 12.4 Å². The molecule has 0 spiro atoms. The molecule has 2 heterocycles. The first-order valence-electron chi connectivity index (χ1n) is 10.7. The van der Waals surface area contributed by atoms with E-state index in [0.29, 0.717) is 5.56 Å². The molecule has 0 radical (unpaired) electrons. The molecular weight excluding hydrogens is 474 g/mol. The number of carbonyl (C=O) groups is 1. The molecule has 1 saturated heterocycles. The van der Waals surface area contributed by atoms with E-state index in [-0.39, 0.29) is 6.10 Å². The molecule has 0 amide bonds. The average molecular weight is 496 g/mol. The summed E-state index contributed by atoms with van der Waals surface area (Å²) in [5.41, 5.74) is 0.945. The molecule has 0 unspecified atom stereocenters. The van der Waals surface area contributed by atoms with Crippen LogP contribution in [0.4, 0.5) is 26.3 Å². The summed E-state index contributed by atoms with van der Waals surface area (Å²) in [6.07, 6.45) is -0.772. The van der Waals surface area contributed by atoms with Crippen LogP contribution in [-0.2, 0) is 11.0 Å². The zero-order chi connectivity index (χ0) is 25.5. The molecule has 186 valence electrons. The summed E-state index contributed by atoms with van der Waals surface area (Å²) in [5, 5.41) is 5.30. The number of ether oxygens (including phenoxy) is 1. The molecule has 0 atom stereocenters. The summed E-state index contributed by atoms with van der Waals surface area (Å²) in [6, 6.07) is 11.0. The first kappa shape index (κ1) is 26.2. The van der Waals surface area contributed by atoms with E-state index in [4.69, 9.17) is 9.53 Å². The maximum absolute atomic E-state index is 12.8. The Kier molecular flexibility index (Phi) is 8.50. The van der Waals surface area contributed by atoms with Crippen LogP contribution in [0.25, 0.3) is 22.9 Å². The number of hydrogen-bond donors (Lipinski definition) is 1. The number of rotatable bonds is 4. The number of hydrogen-bond acceptors (Lipinski definition) is 4. The molecular formula is C25H22F6N2O2. The number of aldehydes is 1. The van der Waals surface area contributed by atoms with E-state index in [2.05, 4.69) is 10.3 Å². The molecule has 3 aromatic rings. The molecule has 0 saturated carbocycles. The second-order valence-electron chi connectivity index (χ2n) is 7.75. The highest BCUT2D eigenvalue weighted by Crippen LogP contribution is 2.32. The van der Waals surface area contributed by atoms with Crippen molar-refractivity contribution in [1.29, 1.82) is 0 Å². The fourth-order valence-corrected chi connectivity index (χ4v) is 3.50. The summed E-state index contributed by atoms with van der Waals surface area (Å²) in [5.74, 6) is 0.777. The summed E-state index contributed by atoms with van der Waals surface area (Å²) in [6.45, 7) is 1.86. The lowest BCUT2D eigenvalue weighted by molar-refractivity contribution is -0.156. The Labute approximate surface area is 197 Å². The lowest BCUT2D eigenvalue weighted by Crippen LogP contribution is -2.34. The third-order valence-electron chi connectivity index (χ3n) is 5.22. The minimum atomic E-state index is -4.64. The van der Waals surface area contributed by atoms with Crippen molar-refractivity contribution in [3.8, 4) is 5.75 Å². The number of carbonyl (C=O) groups excluding carboxylic acids is 1. The van der Waals surface area contributed by atoms with Crippen molar-refractivity contribution in [3.05, 3.63) is 71.5 Å². The van der Waals surface area contributed by atoms with Gasteiger partial charge in [0.15, 0.2) is 0 Å². The summed E-state index contributed by atoms with van der Waals surface area (Å²) >= 11 is 0. The lowest BCUT2D eigenvalue weighted by Gasteiger charge is -2.25. The van der Waals surface area contributed by atoms with E-state index in [9.17, 15) is 26.3 Å². The number of piperidine rings is 1. The highest BCUT2D eigenvalue weighted by Gasteiger charge is 2.29. The molecule has 2 aromatic carbocycles. The van der Waals surface area contributed by atoms with Gasteiger partial charge >= 0.3 is 12.4 Å². The predicted molar refractivity (Wildman–Crippen MR) is 121 cm³/mol. The Morgan fingerprint density at radius 3 is 2.17 bits per heavy atom. The number of benzene rings is 2. The van der Waals surface area contributed by atoms with Gasteiger partial charge in [0.25, 0.3) is 0 Å². The van der Waals surface area contributed by atoms with Crippen molar-refractivity contribution in [2.45, 2.75) is 31.3 Å². The Morgan fingerprint density at radius 2 is 1.57 bits per heavy atom. The minimum absolute atomic E-state index is 0.147. The fourth-order valence-electron chi connectivity index (χ4n) is 3.50. The van der Waals surface area contributed by atoms with E-state index >= 15 is 0 Å². The van der Waals surface area contributed by atoms with Gasteiger partial charge in [-0.1, -0.05) is 24.3 Å². The second kappa shape index (κ2) is 11.4. The monoisotopic (exact) mass is 496 g/mol. The average Bonchev–Trinajstić information content (AvgIpc) is 2.83. The summed E-state index contributed by atoms with van der Waals surface area (Å²) < 4.78 is 75.9. The molecule has 1 aromatic heterocycles. The predicted octanol–water partition coefficient (Wildman–Crippen LogP) is 6.30. The molecule has 4 rings (SSSR count). The normalized spacial score (nSPS) is 15.0. The van der Waals surface area contributed by atoms with Crippen LogP contribution < -0.4 is 10.1 Å². The van der Waals surface area contributed by atoms with Crippen LogP contribution in [0.15, 0.2) is 54.9 Å². The Balaban J connectivity index is 0.000000509. The SMILES string of the molecule is FC(F)(F)c1ccc(/C=C/c2c(OC3CCNCC3)ccc3cnccc23)cc1.O=CC(F)(F)F. The van der Waals surface area contributed by atoms with Gasteiger partial charge in [0, 0.05) is 23.3 Å². The first-order valence-corrected chi connectivity index (χ1v) is 10.7. The molecule has 0 aliphatic carbocycles. The number of aromatic nitrogens is 1. The van der Waals surface area contributed by atoms with Crippen LogP contribution in [0.2, 0.25) is 0 Å². The van der Waals surface area contributed by atoms with Gasteiger partial charge < -0.3 is 10.1 Å². The zero-order valence-corrected chi connectivity index (χ0v) is 18.4. The topological polar surface area (TPSA) is 51.2 Å². The second-order valence-corrected chi connectivity index (χ2v) is 7.75. The summed E-state index contributed by atoms with van der Waals surface area (Å²) in [4.78, 5) is 12.9. The quantitative estimate of drug-likeness (QED) is 0.262. The van der Waals surface area contributed by atoms with Crippen LogP contribution in [0.5, 0.6) is 5.75 Å². The van der Waals surface area contributed by atoms with Gasteiger partial charge in [0.1, 0.15) is 11.9 Å². The number of fused-ring (bicyclic) bond motifs is 1. The Hall–Kier alpha value is -3.40. The van der Waals surface area contributed by atoms with E-state index < -0.39 is 24.2 Å². The van der Waals surface area contributed by atoms with Crippen LogP contribution in [-0.4, -0.2) is 36.6 Å². The largest absolute Gasteiger partial charge is 0.490 e. The molecule has 0 bridgehead atoms. The third kappa shape index (κ3) is 7.81. The molecule has 1 fully saturated rings. The van der Waals surface area contributed by atoms with Gasteiger partial charge in [-0.2, -0.15) is 26.3 Å². The van der Waals surface area contributed by atoms with Gasteiger partial charge in [-0.25, -0.2) is 0 Å². The Morgan fingerprint density at radius 1 is 0.914 bits per heavy atom.